The highest BCUT2D eigenvalue weighted by Crippen LogP contribution is 2.16. The zero-order chi connectivity index (χ0) is 13.7. The molecule has 0 aromatic heterocycles. The SMILES string of the molecule is Nc1ccc(OCCOc2cc(F)cc(F)c2)cc1. The van der Waals surface area contributed by atoms with Crippen molar-refractivity contribution in [3.63, 3.8) is 0 Å². The van der Waals surface area contributed by atoms with Gasteiger partial charge in [0.05, 0.1) is 0 Å². The van der Waals surface area contributed by atoms with Gasteiger partial charge in [-0.25, -0.2) is 8.78 Å². The zero-order valence-corrected chi connectivity index (χ0v) is 10.1. The summed E-state index contributed by atoms with van der Waals surface area (Å²) >= 11 is 0. The molecule has 0 amide bonds. The highest BCUT2D eigenvalue weighted by atomic mass is 19.1. The van der Waals surface area contributed by atoms with Gasteiger partial charge >= 0.3 is 0 Å². The first-order chi connectivity index (χ1) is 9.13. The van der Waals surface area contributed by atoms with Crippen LogP contribution in [0.1, 0.15) is 0 Å². The normalized spacial score (nSPS) is 10.2. The van der Waals surface area contributed by atoms with Crippen LogP contribution in [0, 0.1) is 11.6 Å². The maximum absolute atomic E-state index is 12.9. The van der Waals surface area contributed by atoms with Crippen LogP contribution in [-0.2, 0) is 0 Å². The van der Waals surface area contributed by atoms with E-state index < -0.39 is 11.6 Å². The molecule has 19 heavy (non-hydrogen) atoms. The monoisotopic (exact) mass is 265 g/mol. The van der Waals surface area contributed by atoms with Gasteiger partial charge in [-0.05, 0) is 24.3 Å². The van der Waals surface area contributed by atoms with E-state index in [0.717, 1.165) is 18.2 Å². The van der Waals surface area contributed by atoms with Gasteiger partial charge in [0.15, 0.2) is 0 Å². The molecule has 0 atom stereocenters. The van der Waals surface area contributed by atoms with Crippen LogP contribution in [0.25, 0.3) is 0 Å². The summed E-state index contributed by atoms with van der Waals surface area (Å²) in [6.07, 6.45) is 0. The molecule has 2 rings (SSSR count). The van der Waals surface area contributed by atoms with Crippen LogP contribution in [0.5, 0.6) is 11.5 Å². The van der Waals surface area contributed by atoms with Gasteiger partial charge in [0.25, 0.3) is 0 Å². The third kappa shape index (κ3) is 4.13. The summed E-state index contributed by atoms with van der Waals surface area (Å²) in [4.78, 5) is 0. The molecule has 2 aromatic carbocycles. The predicted octanol–water partition coefficient (Wildman–Crippen LogP) is 3.00. The van der Waals surface area contributed by atoms with Crippen LogP contribution in [0.4, 0.5) is 14.5 Å². The molecular formula is C14H13F2NO2. The van der Waals surface area contributed by atoms with Crippen LogP contribution >= 0.6 is 0 Å². The highest BCUT2D eigenvalue weighted by Gasteiger charge is 2.01. The van der Waals surface area contributed by atoms with Crippen molar-refractivity contribution in [2.24, 2.45) is 0 Å². The number of ether oxygens (including phenoxy) is 2. The second-order valence-corrected chi connectivity index (χ2v) is 3.87. The lowest BCUT2D eigenvalue weighted by Gasteiger charge is -2.08. The molecule has 0 spiro atoms. The van der Waals surface area contributed by atoms with Crippen molar-refractivity contribution in [1.29, 1.82) is 0 Å². The lowest BCUT2D eigenvalue weighted by Crippen LogP contribution is -2.09. The summed E-state index contributed by atoms with van der Waals surface area (Å²) in [5, 5.41) is 0. The molecule has 0 unspecified atom stereocenters. The van der Waals surface area contributed by atoms with Gasteiger partial charge in [-0.15, -0.1) is 0 Å². The number of nitrogens with two attached hydrogens (primary N) is 1. The summed E-state index contributed by atoms with van der Waals surface area (Å²) < 4.78 is 36.3. The highest BCUT2D eigenvalue weighted by molar-refractivity contribution is 5.41. The number of rotatable bonds is 5. The van der Waals surface area contributed by atoms with Crippen molar-refractivity contribution in [1.82, 2.24) is 0 Å². The predicted molar refractivity (Wildman–Crippen MR) is 68.2 cm³/mol. The first-order valence-electron chi connectivity index (χ1n) is 5.71. The van der Waals surface area contributed by atoms with E-state index in [1.807, 2.05) is 0 Å². The molecule has 0 heterocycles. The van der Waals surface area contributed by atoms with Crippen molar-refractivity contribution < 1.29 is 18.3 Å². The van der Waals surface area contributed by atoms with E-state index in [1.54, 1.807) is 24.3 Å². The van der Waals surface area contributed by atoms with E-state index in [4.69, 9.17) is 15.2 Å². The zero-order valence-electron chi connectivity index (χ0n) is 10.1. The first-order valence-corrected chi connectivity index (χ1v) is 5.71. The molecule has 0 saturated carbocycles. The fraction of sp³-hybridized carbons (Fsp3) is 0.143. The van der Waals surface area contributed by atoms with Gasteiger partial charge in [0, 0.05) is 23.9 Å². The van der Waals surface area contributed by atoms with Crippen molar-refractivity contribution in [3.05, 3.63) is 54.1 Å². The Kier molecular flexibility index (Phi) is 4.18. The summed E-state index contributed by atoms with van der Waals surface area (Å²) in [5.41, 5.74) is 6.19. The minimum atomic E-state index is -0.672. The van der Waals surface area contributed by atoms with E-state index in [0.29, 0.717) is 11.4 Å². The maximum Gasteiger partial charge on any atom is 0.129 e. The molecule has 2 aromatic rings. The molecule has 3 nitrogen and oxygen atoms in total. The number of benzene rings is 2. The third-order valence-electron chi connectivity index (χ3n) is 2.34. The minimum absolute atomic E-state index is 0.137. The Morgan fingerprint density at radius 2 is 1.32 bits per heavy atom. The topological polar surface area (TPSA) is 44.5 Å². The third-order valence-corrected chi connectivity index (χ3v) is 2.34. The molecule has 0 saturated heterocycles. The molecule has 0 aliphatic rings. The standard InChI is InChI=1S/C14H13F2NO2/c15-10-7-11(16)9-14(8-10)19-6-5-18-13-3-1-12(17)2-4-13/h1-4,7-9H,5-6,17H2. The number of anilines is 1. The minimum Gasteiger partial charge on any atom is -0.490 e. The Morgan fingerprint density at radius 1 is 0.789 bits per heavy atom. The molecule has 0 fully saturated rings. The van der Waals surface area contributed by atoms with Crippen LogP contribution in [0.2, 0.25) is 0 Å². The molecule has 0 aliphatic carbocycles. The van der Waals surface area contributed by atoms with Crippen molar-refractivity contribution in [2.45, 2.75) is 0 Å². The summed E-state index contributed by atoms with van der Waals surface area (Å²) in [5.74, 6) is -0.550. The van der Waals surface area contributed by atoms with Crippen LogP contribution in [0.15, 0.2) is 42.5 Å². The molecule has 5 heteroatoms. The summed E-state index contributed by atoms with van der Waals surface area (Å²) in [6.45, 7) is 0.454. The quantitative estimate of drug-likeness (QED) is 0.667. The number of hydrogen-bond donors (Lipinski definition) is 1. The Balaban J connectivity index is 1.79. The van der Waals surface area contributed by atoms with Gasteiger partial charge < -0.3 is 15.2 Å². The lowest BCUT2D eigenvalue weighted by molar-refractivity contribution is 0.216. The first kappa shape index (κ1) is 13.1. The smallest absolute Gasteiger partial charge is 0.129 e. The largest absolute Gasteiger partial charge is 0.490 e. The Hall–Kier alpha value is -2.30. The Morgan fingerprint density at radius 3 is 1.89 bits per heavy atom. The second kappa shape index (κ2) is 6.04. The fourth-order valence-corrected chi connectivity index (χ4v) is 1.49. The van der Waals surface area contributed by atoms with E-state index in [1.165, 1.54) is 0 Å². The average molecular weight is 265 g/mol. The molecule has 0 bridgehead atoms. The van der Waals surface area contributed by atoms with Crippen molar-refractivity contribution >= 4 is 5.69 Å². The van der Waals surface area contributed by atoms with E-state index in [9.17, 15) is 8.78 Å². The molecule has 0 radical (unpaired) electrons. The van der Waals surface area contributed by atoms with E-state index in [-0.39, 0.29) is 19.0 Å². The van der Waals surface area contributed by atoms with E-state index in [2.05, 4.69) is 0 Å². The van der Waals surface area contributed by atoms with Crippen LogP contribution in [-0.4, -0.2) is 13.2 Å². The fourth-order valence-electron chi connectivity index (χ4n) is 1.49. The molecule has 2 N–H and O–H groups in total. The van der Waals surface area contributed by atoms with E-state index >= 15 is 0 Å². The Labute approximate surface area is 109 Å². The molecular weight excluding hydrogens is 252 g/mol. The van der Waals surface area contributed by atoms with Crippen molar-refractivity contribution in [2.75, 3.05) is 18.9 Å². The second-order valence-electron chi connectivity index (χ2n) is 3.87. The van der Waals surface area contributed by atoms with Gasteiger partial charge in [-0.1, -0.05) is 0 Å². The summed E-state index contributed by atoms with van der Waals surface area (Å²) in [6, 6.07) is 9.93. The van der Waals surface area contributed by atoms with Gasteiger partial charge in [0.2, 0.25) is 0 Å². The maximum atomic E-state index is 12.9. The summed E-state index contributed by atoms with van der Waals surface area (Å²) in [7, 11) is 0. The lowest BCUT2D eigenvalue weighted by atomic mass is 10.3. The van der Waals surface area contributed by atoms with Gasteiger partial charge in [0.1, 0.15) is 36.3 Å². The average Bonchev–Trinajstić information content (AvgIpc) is 2.36. The van der Waals surface area contributed by atoms with Crippen LogP contribution in [0.3, 0.4) is 0 Å². The molecule has 100 valence electrons. The van der Waals surface area contributed by atoms with Crippen LogP contribution < -0.4 is 15.2 Å². The number of nitrogen functional groups attached to an aromatic ring is 1. The van der Waals surface area contributed by atoms with Gasteiger partial charge in [-0.2, -0.15) is 0 Å². The molecule has 0 aliphatic heterocycles. The number of hydrogen-bond acceptors (Lipinski definition) is 3. The van der Waals surface area contributed by atoms with Gasteiger partial charge in [-0.3, -0.25) is 0 Å². The van der Waals surface area contributed by atoms with Crippen molar-refractivity contribution in [3.8, 4) is 11.5 Å². The Bertz CT molecular complexity index is 523. The number of halogens is 2.